The van der Waals surface area contributed by atoms with Gasteiger partial charge in [-0.2, -0.15) is 0 Å². The molecule has 116 valence electrons. The zero-order chi connectivity index (χ0) is 15.5. The molecule has 0 saturated carbocycles. The van der Waals surface area contributed by atoms with Gasteiger partial charge in [0.25, 0.3) is 0 Å². The van der Waals surface area contributed by atoms with Crippen molar-refractivity contribution in [3.8, 4) is 0 Å². The van der Waals surface area contributed by atoms with Crippen LogP contribution in [0, 0.1) is 13.8 Å². The average molecular weight is 315 g/mol. The maximum Gasteiger partial charge on any atom is 0.238 e. The Labute approximate surface area is 135 Å². The Kier molecular flexibility index (Phi) is 4.55. The van der Waals surface area contributed by atoms with Crippen LogP contribution < -0.4 is 5.32 Å². The van der Waals surface area contributed by atoms with E-state index < -0.39 is 0 Å². The van der Waals surface area contributed by atoms with E-state index in [1.54, 1.807) is 11.3 Å². The Hall–Kier alpha value is -1.72. The van der Waals surface area contributed by atoms with Crippen molar-refractivity contribution in [1.82, 2.24) is 9.88 Å². The maximum absolute atomic E-state index is 12.3. The monoisotopic (exact) mass is 315 g/mol. The highest BCUT2D eigenvalue weighted by molar-refractivity contribution is 7.09. The summed E-state index contributed by atoms with van der Waals surface area (Å²) in [5.41, 5.74) is 3.16. The van der Waals surface area contributed by atoms with Gasteiger partial charge >= 0.3 is 0 Å². The Bertz CT molecular complexity index is 650. The summed E-state index contributed by atoms with van der Waals surface area (Å²) >= 11 is 1.68. The fraction of sp³-hybridized carbons (Fsp3) is 0.412. The van der Waals surface area contributed by atoms with Gasteiger partial charge in [0.2, 0.25) is 5.91 Å². The molecular formula is C17H21N3OS. The van der Waals surface area contributed by atoms with Gasteiger partial charge in [0.15, 0.2) is 0 Å². The van der Waals surface area contributed by atoms with Crippen LogP contribution in [0.4, 0.5) is 5.69 Å². The van der Waals surface area contributed by atoms with Gasteiger partial charge in [0, 0.05) is 11.1 Å². The number of anilines is 1. The van der Waals surface area contributed by atoms with Crippen LogP contribution in [0.5, 0.6) is 0 Å². The fourth-order valence-corrected chi connectivity index (χ4v) is 3.56. The number of amides is 1. The Morgan fingerprint density at radius 1 is 1.36 bits per heavy atom. The smallest absolute Gasteiger partial charge is 0.238 e. The number of thiazole rings is 1. The molecular weight excluding hydrogens is 294 g/mol. The van der Waals surface area contributed by atoms with E-state index in [1.807, 2.05) is 38.1 Å². The number of benzene rings is 1. The van der Waals surface area contributed by atoms with Crippen LogP contribution in [-0.2, 0) is 4.79 Å². The van der Waals surface area contributed by atoms with Gasteiger partial charge in [0.1, 0.15) is 0 Å². The summed E-state index contributed by atoms with van der Waals surface area (Å²) in [4.78, 5) is 19.1. The third-order valence-electron chi connectivity index (χ3n) is 4.02. The van der Waals surface area contributed by atoms with Crippen LogP contribution in [0.15, 0.2) is 29.6 Å². The molecule has 0 spiro atoms. The van der Waals surface area contributed by atoms with E-state index in [9.17, 15) is 4.79 Å². The van der Waals surface area contributed by atoms with Gasteiger partial charge in [0.05, 0.1) is 23.3 Å². The lowest BCUT2D eigenvalue weighted by Gasteiger charge is -2.22. The summed E-state index contributed by atoms with van der Waals surface area (Å²) in [7, 11) is 0. The van der Waals surface area contributed by atoms with Crippen molar-refractivity contribution in [3.63, 3.8) is 0 Å². The molecule has 1 aromatic carbocycles. The first-order valence-electron chi connectivity index (χ1n) is 7.64. The molecule has 1 aromatic heterocycles. The molecule has 1 N–H and O–H groups in total. The van der Waals surface area contributed by atoms with E-state index in [2.05, 4.69) is 20.6 Å². The van der Waals surface area contributed by atoms with E-state index >= 15 is 0 Å². The second-order valence-electron chi connectivity index (χ2n) is 5.83. The average Bonchev–Trinajstić information content (AvgIpc) is 3.10. The molecule has 0 aliphatic carbocycles. The van der Waals surface area contributed by atoms with Gasteiger partial charge in [-0.1, -0.05) is 17.7 Å². The molecule has 0 radical (unpaired) electrons. The number of hydrogen-bond acceptors (Lipinski definition) is 4. The SMILES string of the molecule is Cc1ccc(NC(=O)CN2CCC[C@@H]2c2csc(C)n2)cc1. The number of carbonyl (C=O) groups is 1. The largest absolute Gasteiger partial charge is 0.325 e. The molecule has 0 bridgehead atoms. The van der Waals surface area contributed by atoms with Gasteiger partial charge < -0.3 is 5.32 Å². The van der Waals surface area contributed by atoms with Crippen molar-refractivity contribution in [2.24, 2.45) is 0 Å². The van der Waals surface area contributed by atoms with Crippen LogP contribution in [-0.4, -0.2) is 28.9 Å². The quantitative estimate of drug-likeness (QED) is 0.938. The van der Waals surface area contributed by atoms with Crippen LogP contribution in [0.1, 0.15) is 35.1 Å². The third-order valence-corrected chi connectivity index (χ3v) is 4.82. The Morgan fingerprint density at radius 2 is 2.14 bits per heavy atom. The Balaban J connectivity index is 1.61. The summed E-state index contributed by atoms with van der Waals surface area (Å²) < 4.78 is 0. The number of rotatable bonds is 4. The molecule has 1 amide bonds. The fourth-order valence-electron chi connectivity index (χ4n) is 2.91. The lowest BCUT2D eigenvalue weighted by atomic mass is 10.1. The predicted octanol–water partition coefficient (Wildman–Crippen LogP) is 3.54. The summed E-state index contributed by atoms with van der Waals surface area (Å²) in [5, 5.41) is 6.18. The molecule has 2 heterocycles. The number of nitrogens with zero attached hydrogens (tertiary/aromatic N) is 2. The predicted molar refractivity (Wildman–Crippen MR) is 90.2 cm³/mol. The number of carbonyl (C=O) groups excluding carboxylic acids is 1. The van der Waals surface area contributed by atoms with Crippen molar-refractivity contribution >= 4 is 22.9 Å². The van der Waals surface area contributed by atoms with Crippen molar-refractivity contribution in [1.29, 1.82) is 0 Å². The minimum Gasteiger partial charge on any atom is -0.325 e. The lowest BCUT2D eigenvalue weighted by Crippen LogP contribution is -2.33. The summed E-state index contributed by atoms with van der Waals surface area (Å²) in [6.07, 6.45) is 2.21. The summed E-state index contributed by atoms with van der Waals surface area (Å²) in [6.45, 7) is 5.45. The first-order valence-corrected chi connectivity index (χ1v) is 8.52. The van der Waals surface area contributed by atoms with Crippen LogP contribution >= 0.6 is 11.3 Å². The molecule has 1 aliphatic heterocycles. The molecule has 1 saturated heterocycles. The first-order chi connectivity index (χ1) is 10.6. The van der Waals surface area contributed by atoms with E-state index in [-0.39, 0.29) is 11.9 Å². The van der Waals surface area contributed by atoms with Crippen LogP contribution in [0.25, 0.3) is 0 Å². The zero-order valence-electron chi connectivity index (χ0n) is 13.0. The molecule has 1 atom stereocenters. The minimum absolute atomic E-state index is 0.0442. The van der Waals surface area contributed by atoms with Crippen LogP contribution in [0.2, 0.25) is 0 Å². The molecule has 0 unspecified atom stereocenters. The summed E-state index contributed by atoms with van der Waals surface area (Å²) in [6, 6.07) is 8.18. The van der Waals surface area contributed by atoms with E-state index in [0.29, 0.717) is 6.54 Å². The number of nitrogens with one attached hydrogen (secondary N) is 1. The number of aryl methyl sites for hydroxylation is 2. The first kappa shape index (κ1) is 15.2. The second-order valence-corrected chi connectivity index (χ2v) is 6.90. The van der Waals surface area contributed by atoms with Crippen molar-refractivity contribution < 1.29 is 4.79 Å². The van der Waals surface area contributed by atoms with Gasteiger partial charge in [-0.3, -0.25) is 9.69 Å². The molecule has 2 aromatic rings. The second kappa shape index (κ2) is 6.58. The molecule has 22 heavy (non-hydrogen) atoms. The van der Waals surface area contributed by atoms with Crippen molar-refractivity contribution in [3.05, 3.63) is 45.9 Å². The lowest BCUT2D eigenvalue weighted by molar-refractivity contribution is -0.117. The highest BCUT2D eigenvalue weighted by Gasteiger charge is 2.29. The number of likely N-dealkylation sites (tertiary alicyclic amines) is 1. The Morgan fingerprint density at radius 3 is 2.82 bits per heavy atom. The number of hydrogen-bond donors (Lipinski definition) is 1. The summed E-state index contributed by atoms with van der Waals surface area (Å²) in [5.74, 6) is 0.0442. The molecule has 5 heteroatoms. The molecule has 1 aliphatic rings. The number of aromatic nitrogens is 1. The third kappa shape index (κ3) is 3.54. The van der Waals surface area contributed by atoms with Gasteiger partial charge in [-0.25, -0.2) is 4.98 Å². The minimum atomic E-state index is 0.0442. The highest BCUT2D eigenvalue weighted by Crippen LogP contribution is 2.32. The normalized spacial score (nSPS) is 18.5. The zero-order valence-corrected chi connectivity index (χ0v) is 13.8. The van der Waals surface area contributed by atoms with Crippen molar-refractivity contribution in [2.45, 2.75) is 32.7 Å². The van der Waals surface area contributed by atoms with E-state index in [4.69, 9.17) is 0 Å². The molecule has 3 rings (SSSR count). The van der Waals surface area contributed by atoms with Gasteiger partial charge in [-0.05, 0) is 45.4 Å². The molecule has 4 nitrogen and oxygen atoms in total. The van der Waals surface area contributed by atoms with Crippen LogP contribution in [0.3, 0.4) is 0 Å². The molecule has 1 fully saturated rings. The highest BCUT2D eigenvalue weighted by atomic mass is 32.1. The standard InChI is InChI=1S/C17H21N3OS/c1-12-5-7-14(8-6-12)19-17(21)10-20-9-3-4-16(20)15-11-22-13(2)18-15/h5-8,11,16H,3-4,9-10H2,1-2H3,(H,19,21)/t16-/m1/s1. The van der Waals surface area contributed by atoms with Gasteiger partial charge in [-0.15, -0.1) is 11.3 Å². The van der Waals surface area contributed by atoms with E-state index in [0.717, 1.165) is 35.8 Å². The van der Waals surface area contributed by atoms with E-state index in [1.165, 1.54) is 5.56 Å². The van der Waals surface area contributed by atoms with Crippen molar-refractivity contribution in [2.75, 3.05) is 18.4 Å². The maximum atomic E-state index is 12.3. The topological polar surface area (TPSA) is 45.2 Å².